The molecule has 0 saturated heterocycles. The van der Waals surface area contributed by atoms with Crippen molar-refractivity contribution in [2.24, 2.45) is 0 Å². The van der Waals surface area contributed by atoms with Gasteiger partial charge in [0, 0.05) is 19.2 Å². The molecule has 2 aromatic heterocycles. The zero-order valence-corrected chi connectivity index (χ0v) is 11.3. The number of aromatic nitrogens is 2. The van der Waals surface area contributed by atoms with Crippen LogP contribution >= 0.6 is 0 Å². The Labute approximate surface area is 114 Å². The monoisotopic (exact) mass is 277 g/mol. The minimum atomic E-state index is -0.430. The van der Waals surface area contributed by atoms with Crippen molar-refractivity contribution in [3.63, 3.8) is 0 Å². The lowest BCUT2D eigenvalue weighted by Gasteiger charge is -2.16. The molecule has 0 aliphatic carbocycles. The fraction of sp³-hybridized carbons (Fsp3) is 0.308. The molecule has 1 N–H and O–H groups in total. The zero-order valence-electron chi connectivity index (χ0n) is 11.3. The molecule has 20 heavy (non-hydrogen) atoms. The van der Waals surface area contributed by atoms with Crippen LogP contribution in [-0.2, 0) is 17.9 Å². The van der Waals surface area contributed by atoms with Gasteiger partial charge in [0.2, 0.25) is 5.91 Å². The van der Waals surface area contributed by atoms with E-state index >= 15 is 0 Å². The maximum atomic E-state index is 12.0. The number of rotatable bonds is 4. The molecule has 0 aromatic carbocycles. The molecule has 0 fully saturated rings. The standard InChI is InChI=1S/C13H15N3O4/c1-9-3-4-10(20-9)7-15(2)13(19)8-16-12(18)6-5-11(17)14-16/h3-6H,7-8H2,1-2H3,(H,14,17). The summed E-state index contributed by atoms with van der Waals surface area (Å²) in [5, 5.41) is 2.31. The predicted molar refractivity (Wildman–Crippen MR) is 71.2 cm³/mol. The van der Waals surface area contributed by atoms with Crippen molar-refractivity contribution in [3.05, 3.63) is 56.5 Å². The average molecular weight is 277 g/mol. The van der Waals surface area contributed by atoms with Crippen LogP contribution < -0.4 is 11.1 Å². The highest BCUT2D eigenvalue weighted by atomic mass is 16.3. The summed E-state index contributed by atoms with van der Waals surface area (Å²) in [5.74, 6) is 1.12. The molecule has 1 amide bonds. The number of hydrogen-bond donors (Lipinski definition) is 1. The molecule has 7 nitrogen and oxygen atoms in total. The Morgan fingerprint density at radius 2 is 2.05 bits per heavy atom. The van der Waals surface area contributed by atoms with E-state index in [0.29, 0.717) is 12.3 Å². The number of carbonyl (C=O) groups is 1. The van der Waals surface area contributed by atoms with E-state index in [1.807, 2.05) is 13.0 Å². The van der Waals surface area contributed by atoms with Crippen LogP contribution in [0.4, 0.5) is 0 Å². The van der Waals surface area contributed by atoms with Crippen molar-refractivity contribution in [1.29, 1.82) is 0 Å². The number of furan rings is 1. The normalized spacial score (nSPS) is 10.5. The number of carbonyl (C=O) groups excluding carboxylic acids is 1. The SMILES string of the molecule is Cc1ccc(CN(C)C(=O)Cn2[nH]c(=O)ccc2=O)o1. The van der Waals surface area contributed by atoms with Gasteiger partial charge in [0.1, 0.15) is 18.1 Å². The highest BCUT2D eigenvalue weighted by Crippen LogP contribution is 2.08. The van der Waals surface area contributed by atoms with Crippen LogP contribution in [0.1, 0.15) is 11.5 Å². The maximum absolute atomic E-state index is 12.0. The number of aromatic amines is 1. The van der Waals surface area contributed by atoms with Gasteiger partial charge >= 0.3 is 0 Å². The average Bonchev–Trinajstić information content (AvgIpc) is 2.79. The van der Waals surface area contributed by atoms with E-state index in [1.165, 1.54) is 4.90 Å². The second-order valence-electron chi connectivity index (χ2n) is 4.50. The van der Waals surface area contributed by atoms with E-state index in [-0.39, 0.29) is 12.5 Å². The summed E-state index contributed by atoms with van der Waals surface area (Å²) in [5.41, 5.74) is -0.859. The highest BCUT2D eigenvalue weighted by molar-refractivity contribution is 5.75. The molecule has 0 radical (unpaired) electrons. The van der Waals surface area contributed by atoms with Crippen molar-refractivity contribution < 1.29 is 9.21 Å². The summed E-state index contributed by atoms with van der Waals surface area (Å²) < 4.78 is 6.36. The third-order valence-corrected chi connectivity index (χ3v) is 2.80. The summed E-state index contributed by atoms with van der Waals surface area (Å²) in [4.78, 5) is 36.0. The van der Waals surface area contributed by atoms with Crippen LogP contribution in [0.15, 0.2) is 38.3 Å². The number of H-pyrrole nitrogens is 1. The number of likely N-dealkylation sites (N-methyl/N-ethyl adjacent to an activating group) is 1. The fourth-order valence-corrected chi connectivity index (χ4v) is 1.73. The van der Waals surface area contributed by atoms with Crippen LogP contribution in [0.2, 0.25) is 0 Å². The molecule has 2 heterocycles. The molecule has 0 aliphatic rings. The smallest absolute Gasteiger partial charge is 0.265 e. The van der Waals surface area contributed by atoms with E-state index in [0.717, 1.165) is 22.6 Å². The Morgan fingerprint density at radius 1 is 1.30 bits per heavy atom. The molecular formula is C13H15N3O4. The van der Waals surface area contributed by atoms with Crippen molar-refractivity contribution >= 4 is 5.91 Å². The third kappa shape index (κ3) is 3.25. The summed E-state index contributed by atoms with van der Waals surface area (Å²) in [6.45, 7) is 1.91. The van der Waals surface area contributed by atoms with E-state index in [4.69, 9.17) is 4.42 Å². The fourth-order valence-electron chi connectivity index (χ4n) is 1.73. The first-order valence-electron chi connectivity index (χ1n) is 6.05. The molecule has 0 atom stereocenters. The second kappa shape index (κ2) is 5.60. The van der Waals surface area contributed by atoms with Gasteiger partial charge in [-0.3, -0.25) is 19.5 Å². The molecule has 0 spiro atoms. The number of aryl methyl sites for hydroxylation is 1. The van der Waals surface area contributed by atoms with Gasteiger partial charge in [0.25, 0.3) is 11.1 Å². The van der Waals surface area contributed by atoms with Gasteiger partial charge in [-0.25, -0.2) is 4.68 Å². The number of nitrogens with one attached hydrogen (secondary N) is 1. The highest BCUT2D eigenvalue weighted by Gasteiger charge is 2.12. The minimum absolute atomic E-state index is 0.217. The maximum Gasteiger partial charge on any atom is 0.265 e. The van der Waals surface area contributed by atoms with Gasteiger partial charge in [-0.2, -0.15) is 0 Å². The lowest BCUT2D eigenvalue weighted by Crippen LogP contribution is -2.36. The van der Waals surface area contributed by atoms with Crippen molar-refractivity contribution in [2.75, 3.05) is 7.05 Å². The largest absolute Gasteiger partial charge is 0.464 e. The Kier molecular flexibility index (Phi) is 3.88. The lowest BCUT2D eigenvalue weighted by atomic mass is 10.4. The lowest BCUT2D eigenvalue weighted by molar-refractivity contribution is -0.131. The quantitative estimate of drug-likeness (QED) is 0.858. The molecule has 0 unspecified atom stereocenters. The first-order chi connectivity index (χ1) is 9.45. The summed E-state index contributed by atoms with van der Waals surface area (Å²) in [6, 6.07) is 5.85. The first kappa shape index (κ1) is 13.9. The van der Waals surface area contributed by atoms with Crippen LogP contribution in [0.3, 0.4) is 0 Å². The van der Waals surface area contributed by atoms with Gasteiger partial charge < -0.3 is 9.32 Å². The van der Waals surface area contributed by atoms with Gasteiger partial charge in [0.05, 0.1) is 6.54 Å². The minimum Gasteiger partial charge on any atom is -0.464 e. The Morgan fingerprint density at radius 3 is 2.70 bits per heavy atom. The van der Waals surface area contributed by atoms with E-state index in [2.05, 4.69) is 5.10 Å². The van der Waals surface area contributed by atoms with Crippen molar-refractivity contribution in [3.8, 4) is 0 Å². The number of nitrogens with zero attached hydrogens (tertiary/aromatic N) is 2. The van der Waals surface area contributed by atoms with E-state index < -0.39 is 11.1 Å². The van der Waals surface area contributed by atoms with Crippen LogP contribution in [0.5, 0.6) is 0 Å². The molecule has 7 heteroatoms. The molecular weight excluding hydrogens is 262 g/mol. The van der Waals surface area contributed by atoms with Gasteiger partial charge in [-0.05, 0) is 19.1 Å². The van der Waals surface area contributed by atoms with E-state index in [9.17, 15) is 14.4 Å². The van der Waals surface area contributed by atoms with Crippen LogP contribution in [0.25, 0.3) is 0 Å². The van der Waals surface area contributed by atoms with Gasteiger partial charge in [-0.1, -0.05) is 0 Å². The first-order valence-corrected chi connectivity index (χ1v) is 6.05. The van der Waals surface area contributed by atoms with Gasteiger partial charge in [0.15, 0.2) is 0 Å². The summed E-state index contributed by atoms with van der Waals surface area (Å²) in [7, 11) is 1.60. The summed E-state index contributed by atoms with van der Waals surface area (Å²) in [6.07, 6.45) is 0. The zero-order chi connectivity index (χ0) is 14.7. The topological polar surface area (TPSA) is 88.3 Å². The summed E-state index contributed by atoms with van der Waals surface area (Å²) >= 11 is 0. The van der Waals surface area contributed by atoms with Gasteiger partial charge in [-0.15, -0.1) is 0 Å². The van der Waals surface area contributed by atoms with Crippen molar-refractivity contribution in [2.45, 2.75) is 20.0 Å². The Bertz CT molecular complexity index is 725. The second-order valence-corrected chi connectivity index (χ2v) is 4.50. The molecule has 2 aromatic rings. The number of amides is 1. The van der Waals surface area contributed by atoms with Crippen LogP contribution in [-0.4, -0.2) is 27.6 Å². The Hall–Kier alpha value is -2.57. The molecule has 0 saturated carbocycles. The third-order valence-electron chi connectivity index (χ3n) is 2.80. The number of hydrogen-bond acceptors (Lipinski definition) is 4. The predicted octanol–water partition coefficient (Wildman–Crippen LogP) is 0.0966. The van der Waals surface area contributed by atoms with E-state index in [1.54, 1.807) is 13.1 Å². The molecule has 106 valence electrons. The van der Waals surface area contributed by atoms with Crippen LogP contribution in [0, 0.1) is 6.92 Å². The molecule has 0 bridgehead atoms. The van der Waals surface area contributed by atoms with Crippen molar-refractivity contribution in [1.82, 2.24) is 14.7 Å². The molecule has 0 aliphatic heterocycles. The molecule has 2 rings (SSSR count). The Balaban J connectivity index is 2.06.